The molecule has 29 heavy (non-hydrogen) atoms. The van der Waals surface area contributed by atoms with Crippen LogP contribution in [0.5, 0.6) is 0 Å². The van der Waals surface area contributed by atoms with Crippen molar-refractivity contribution in [3.05, 3.63) is 76.3 Å². The Hall–Kier alpha value is -3.79. The molecule has 0 saturated carbocycles. The van der Waals surface area contributed by atoms with Gasteiger partial charge in [-0.2, -0.15) is 10.1 Å². The van der Waals surface area contributed by atoms with E-state index in [2.05, 4.69) is 20.2 Å². The minimum absolute atomic E-state index is 0.00522. The molecule has 1 N–H and O–H groups in total. The smallest absolute Gasteiger partial charge is 0.269 e. The van der Waals surface area contributed by atoms with Gasteiger partial charge in [-0.05, 0) is 24.3 Å². The van der Waals surface area contributed by atoms with Crippen LogP contribution in [0.1, 0.15) is 20.7 Å². The maximum Gasteiger partial charge on any atom is 0.269 e. The van der Waals surface area contributed by atoms with Gasteiger partial charge in [0.2, 0.25) is 5.95 Å². The van der Waals surface area contributed by atoms with Crippen molar-refractivity contribution >= 4 is 34.5 Å². The predicted octanol–water partition coefficient (Wildman–Crippen LogP) is 1.85. The summed E-state index contributed by atoms with van der Waals surface area (Å²) in [4.78, 5) is 48.0. The van der Waals surface area contributed by atoms with Gasteiger partial charge in [-0.15, -0.1) is 0 Å². The Balaban J connectivity index is 1.55. The summed E-state index contributed by atoms with van der Waals surface area (Å²) in [5, 5.41) is 7.18. The SMILES string of the molecule is O=C1c2ccccc2C(=O)N1CSc1nc2ccccc2c(=O)n1-c1ncn[nH]1. The second-order valence-electron chi connectivity index (χ2n) is 6.22. The number of fused-ring (bicyclic) bond motifs is 2. The number of nitrogens with one attached hydrogen (secondary N) is 1. The van der Waals surface area contributed by atoms with E-state index in [0.29, 0.717) is 27.2 Å². The van der Waals surface area contributed by atoms with Gasteiger partial charge in [0, 0.05) is 0 Å². The summed E-state index contributed by atoms with van der Waals surface area (Å²) in [7, 11) is 0. The molecule has 0 atom stereocenters. The summed E-state index contributed by atoms with van der Waals surface area (Å²) in [5.41, 5.74) is 0.935. The molecule has 0 spiro atoms. The van der Waals surface area contributed by atoms with Crippen LogP contribution in [0.15, 0.2) is 64.8 Å². The van der Waals surface area contributed by atoms with Crippen LogP contribution in [0.25, 0.3) is 16.9 Å². The Bertz CT molecular complexity index is 1300. The fourth-order valence-corrected chi connectivity index (χ4v) is 4.12. The Morgan fingerprint density at radius 2 is 1.62 bits per heavy atom. The lowest BCUT2D eigenvalue weighted by molar-refractivity contribution is 0.0684. The molecule has 0 saturated heterocycles. The van der Waals surface area contributed by atoms with Crippen molar-refractivity contribution in [2.75, 3.05) is 5.88 Å². The average molecular weight is 404 g/mol. The van der Waals surface area contributed by atoms with E-state index in [1.54, 1.807) is 48.5 Å². The number of H-pyrrole nitrogens is 1. The lowest BCUT2D eigenvalue weighted by Gasteiger charge is -2.15. The predicted molar refractivity (Wildman–Crippen MR) is 105 cm³/mol. The van der Waals surface area contributed by atoms with E-state index in [1.807, 2.05) is 0 Å². The van der Waals surface area contributed by atoms with Crippen molar-refractivity contribution in [2.45, 2.75) is 5.16 Å². The van der Waals surface area contributed by atoms with E-state index in [0.717, 1.165) is 16.7 Å². The number of carbonyl (C=O) groups is 2. The summed E-state index contributed by atoms with van der Waals surface area (Å²) in [6.07, 6.45) is 1.29. The number of thioether (sulfide) groups is 1. The van der Waals surface area contributed by atoms with Gasteiger partial charge in [0.05, 0.1) is 27.9 Å². The van der Waals surface area contributed by atoms with Crippen LogP contribution < -0.4 is 5.56 Å². The number of benzene rings is 2. The maximum atomic E-state index is 13.0. The third-order valence-corrected chi connectivity index (χ3v) is 5.48. The van der Waals surface area contributed by atoms with E-state index in [1.165, 1.54) is 10.9 Å². The highest BCUT2D eigenvalue weighted by Gasteiger charge is 2.35. The van der Waals surface area contributed by atoms with Crippen LogP contribution in [-0.4, -0.2) is 47.3 Å². The molecule has 9 nitrogen and oxygen atoms in total. The summed E-state index contributed by atoms with van der Waals surface area (Å²) in [6, 6.07) is 13.6. The molecule has 10 heteroatoms. The standard InChI is InChI=1S/C19H12N6O3S/c26-15-11-5-1-2-6-12(11)16(27)24(15)10-29-19-22-14-8-4-3-7-13(14)17(28)25(19)18-20-9-21-23-18/h1-9H,10H2,(H,20,21,23). The molecule has 0 unspecified atom stereocenters. The first-order valence-electron chi connectivity index (χ1n) is 8.60. The number of aromatic amines is 1. The molecule has 3 heterocycles. The molecule has 1 aliphatic heterocycles. The highest BCUT2D eigenvalue weighted by Crippen LogP contribution is 2.27. The van der Waals surface area contributed by atoms with Gasteiger partial charge in [-0.3, -0.25) is 19.3 Å². The van der Waals surface area contributed by atoms with Crippen molar-refractivity contribution < 1.29 is 9.59 Å². The van der Waals surface area contributed by atoms with E-state index < -0.39 is 0 Å². The molecule has 4 aromatic rings. The molecule has 2 aromatic heterocycles. The second-order valence-corrected chi connectivity index (χ2v) is 7.13. The monoisotopic (exact) mass is 404 g/mol. The van der Waals surface area contributed by atoms with E-state index >= 15 is 0 Å². The molecular weight excluding hydrogens is 392 g/mol. The minimum Gasteiger partial charge on any atom is -0.269 e. The fourth-order valence-electron chi connectivity index (χ4n) is 3.18. The normalized spacial score (nSPS) is 13.3. The zero-order valence-electron chi connectivity index (χ0n) is 14.8. The highest BCUT2D eigenvalue weighted by atomic mass is 32.2. The summed E-state index contributed by atoms with van der Waals surface area (Å²) in [5.74, 6) is -0.524. The molecule has 0 radical (unpaired) electrons. The third-order valence-electron chi connectivity index (χ3n) is 4.56. The van der Waals surface area contributed by atoms with Crippen molar-refractivity contribution in [2.24, 2.45) is 0 Å². The summed E-state index contributed by atoms with van der Waals surface area (Å²) < 4.78 is 1.29. The number of imide groups is 1. The maximum absolute atomic E-state index is 13.0. The number of hydrogen-bond acceptors (Lipinski definition) is 7. The Morgan fingerprint density at radius 1 is 0.931 bits per heavy atom. The van der Waals surface area contributed by atoms with Gasteiger partial charge in [-0.25, -0.2) is 14.6 Å². The van der Waals surface area contributed by atoms with Crippen LogP contribution in [0.3, 0.4) is 0 Å². The number of para-hydroxylation sites is 1. The average Bonchev–Trinajstić information content (AvgIpc) is 3.35. The molecule has 2 amide bonds. The lowest BCUT2D eigenvalue weighted by atomic mass is 10.1. The largest absolute Gasteiger partial charge is 0.269 e. The topological polar surface area (TPSA) is 114 Å². The van der Waals surface area contributed by atoms with Crippen LogP contribution in [0, 0.1) is 0 Å². The number of rotatable bonds is 4. The minimum atomic E-state index is -0.368. The second kappa shape index (κ2) is 6.67. The molecule has 0 fully saturated rings. The Labute approximate surface area is 167 Å². The van der Waals surface area contributed by atoms with E-state index in [9.17, 15) is 14.4 Å². The molecule has 2 aromatic carbocycles. The van der Waals surface area contributed by atoms with Crippen molar-refractivity contribution in [1.82, 2.24) is 29.6 Å². The fraction of sp³-hybridized carbons (Fsp3) is 0.0526. The molecular formula is C19H12N6O3S. The lowest BCUT2D eigenvalue weighted by Crippen LogP contribution is -2.30. The van der Waals surface area contributed by atoms with Gasteiger partial charge in [0.15, 0.2) is 5.16 Å². The van der Waals surface area contributed by atoms with Gasteiger partial charge in [0.25, 0.3) is 17.4 Å². The molecule has 0 bridgehead atoms. The summed E-state index contributed by atoms with van der Waals surface area (Å²) >= 11 is 1.10. The van der Waals surface area contributed by atoms with Gasteiger partial charge >= 0.3 is 0 Å². The Kier molecular flexibility index (Phi) is 3.98. The van der Waals surface area contributed by atoms with Gasteiger partial charge in [0.1, 0.15) is 6.33 Å². The first-order chi connectivity index (χ1) is 14.1. The number of carbonyl (C=O) groups excluding carboxylic acids is 2. The first-order valence-corrected chi connectivity index (χ1v) is 9.59. The zero-order chi connectivity index (χ0) is 20.0. The quantitative estimate of drug-likeness (QED) is 0.314. The number of hydrogen-bond donors (Lipinski definition) is 1. The van der Waals surface area contributed by atoms with Crippen LogP contribution in [0.4, 0.5) is 0 Å². The van der Waals surface area contributed by atoms with Gasteiger partial charge < -0.3 is 0 Å². The van der Waals surface area contributed by atoms with Crippen LogP contribution in [0.2, 0.25) is 0 Å². The molecule has 0 aliphatic carbocycles. The first kappa shape index (κ1) is 17.3. The van der Waals surface area contributed by atoms with Crippen molar-refractivity contribution in [1.29, 1.82) is 0 Å². The number of aromatic nitrogens is 5. The van der Waals surface area contributed by atoms with Crippen molar-refractivity contribution in [3.8, 4) is 5.95 Å². The number of amides is 2. The molecule has 142 valence electrons. The van der Waals surface area contributed by atoms with Crippen LogP contribution >= 0.6 is 11.8 Å². The summed E-state index contributed by atoms with van der Waals surface area (Å²) in [6.45, 7) is 0. The van der Waals surface area contributed by atoms with Crippen molar-refractivity contribution in [3.63, 3.8) is 0 Å². The molecule has 5 rings (SSSR count). The number of nitrogens with zero attached hydrogens (tertiary/aromatic N) is 5. The van der Waals surface area contributed by atoms with E-state index in [4.69, 9.17) is 0 Å². The Morgan fingerprint density at radius 3 is 2.31 bits per heavy atom. The third kappa shape index (κ3) is 2.72. The highest BCUT2D eigenvalue weighted by molar-refractivity contribution is 7.99. The zero-order valence-corrected chi connectivity index (χ0v) is 15.6. The van der Waals surface area contributed by atoms with Crippen LogP contribution in [-0.2, 0) is 0 Å². The van der Waals surface area contributed by atoms with Gasteiger partial charge in [-0.1, -0.05) is 36.0 Å². The molecule has 1 aliphatic rings. The van der Waals surface area contributed by atoms with E-state index in [-0.39, 0.29) is 29.2 Å².